The third kappa shape index (κ3) is 2.56. The molecule has 0 aliphatic carbocycles. The maximum atomic E-state index is 12.3. The Morgan fingerprint density at radius 3 is 2.92 bits per heavy atom. The van der Waals surface area contributed by atoms with Crippen molar-refractivity contribution >= 4 is 22.7 Å². The van der Waals surface area contributed by atoms with E-state index in [1.807, 2.05) is 0 Å². The maximum Gasteiger partial charge on any atom is 0.417 e. The number of aromatic nitrogens is 4. The third-order valence-corrected chi connectivity index (χ3v) is 3.46. The van der Waals surface area contributed by atoms with Gasteiger partial charge in [-0.15, -0.1) is 0 Å². The minimum atomic E-state index is -0.534. The molecule has 2 N–H and O–H groups in total. The van der Waals surface area contributed by atoms with Crippen LogP contribution < -0.4 is 11.1 Å². The van der Waals surface area contributed by atoms with Gasteiger partial charge in [-0.2, -0.15) is 0 Å². The van der Waals surface area contributed by atoms with Crippen molar-refractivity contribution in [3.8, 4) is 5.82 Å². The molecule has 0 atom stereocenters. The number of pyridine rings is 1. The van der Waals surface area contributed by atoms with Crippen molar-refractivity contribution in [2.45, 2.75) is 0 Å². The Kier molecular flexibility index (Phi) is 3.20. The van der Waals surface area contributed by atoms with E-state index in [1.165, 1.54) is 6.20 Å². The second kappa shape index (κ2) is 5.51. The van der Waals surface area contributed by atoms with Gasteiger partial charge in [-0.3, -0.25) is 14.3 Å². The second-order valence-electron chi connectivity index (χ2n) is 5.05. The molecule has 118 valence electrons. The summed E-state index contributed by atoms with van der Waals surface area (Å²) in [6.45, 7) is 0. The lowest BCUT2D eigenvalue weighted by Crippen LogP contribution is -2.12. The van der Waals surface area contributed by atoms with E-state index in [1.54, 1.807) is 53.6 Å². The first-order valence-corrected chi connectivity index (χ1v) is 7.08. The highest BCUT2D eigenvalue weighted by Gasteiger charge is 2.09. The van der Waals surface area contributed by atoms with E-state index in [2.05, 4.69) is 20.3 Å². The summed E-state index contributed by atoms with van der Waals surface area (Å²) in [5.74, 6) is -0.168. The predicted molar refractivity (Wildman–Crippen MR) is 86.1 cm³/mol. The molecule has 0 radical (unpaired) electrons. The molecule has 0 fully saturated rings. The smallest absolute Gasteiger partial charge is 0.408 e. The van der Waals surface area contributed by atoms with Crippen molar-refractivity contribution < 1.29 is 9.21 Å². The Bertz CT molecular complexity index is 1060. The molecule has 0 saturated heterocycles. The van der Waals surface area contributed by atoms with Gasteiger partial charge in [0.05, 0.1) is 11.1 Å². The number of H-pyrrole nitrogens is 1. The van der Waals surface area contributed by atoms with E-state index in [0.717, 1.165) is 0 Å². The van der Waals surface area contributed by atoms with Crippen LogP contribution in [0.5, 0.6) is 0 Å². The van der Waals surface area contributed by atoms with Gasteiger partial charge in [0.1, 0.15) is 12.1 Å². The minimum absolute atomic E-state index is 0.301. The fourth-order valence-electron chi connectivity index (χ4n) is 2.30. The van der Waals surface area contributed by atoms with Crippen LogP contribution in [0.2, 0.25) is 0 Å². The van der Waals surface area contributed by atoms with Gasteiger partial charge in [-0.25, -0.2) is 14.8 Å². The van der Waals surface area contributed by atoms with Gasteiger partial charge >= 0.3 is 5.76 Å². The lowest BCUT2D eigenvalue weighted by Gasteiger charge is -2.06. The van der Waals surface area contributed by atoms with E-state index < -0.39 is 5.76 Å². The van der Waals surface area contributed by atoms with Crippen LogP contribution in [0.1, 0.15) is 10.4 Å². The second-order valence-corrected chi connectivity index (χ2v) is 5.05. The topological polar surface area (TPSA) is 106 Å². The number of carbonyl (C=O) groups is 1. The Hall–Kier alpha value is -3.68. The molecule has 3 heterocycles. The maximum absolute atomic E-state index is 12.3. The van der Waals surface area contributed by atoms with Gasteiger partial charge in [0.2, 0.25) is 0 Å². The first kappa shape index (κ1) is 13.9. The van der Waals surface area contributed by atoms with Gasteiger partial charge in [0.25, 0.3) is 5.91 Å². The largest absolute Gasteiger partial charge is 0.417 e. The number of fused-ring (bicyclic) bond motifs is 1. The van der Waals surface area contributed by atoms with Gasteiger partial charge in [-0.1, -0.05) is 0 Å². The van der Waals surface area contributed by atoms with Crippen LogP contribution in [-0.4, -0.2) is 25.4 Å². The number of hydrogen-bond acceptors (Lipinski definition) is 5. The van der Waals surface area contributed by atoms with Crippen LogP contribution in [0.25, 0.3) is 16.9 Å². The zero-order chi connectivity index (χ0) is 16.5. The molecule has 1 aromatic carbocycles. The van der Waals surface area contributed by atoms with Crippen molar-refractivity contribution in [2.24, 2.45) is 0 Å². The van der Waals surface area contributed by atoms with Crippen LogP contribution in [0, 0.1) is 0 Å². The lowest BCUT2D eigenvalue weighted by atomic mass is 10.2. The van der Waals surface area contributed by atoms with Crippen molar-refractivity contribution in [3.63, 3.8) is 0 Å². The first-order valence-electron chi connectivity index (χ1n) is 7.08. The highest BCUT2D eigenvalue weighted by molar-refractivity contribution is 6.04. The molecule has 0 spiro atoms. The van der Waals surface area contributed by atoms with E-state index >= 15 is 0 Å². The summed E-state index contributed by atoms with van der Waals surface area (Å²) in [4.78, 5) is 34.2. The van der Waals surface area contributed by atoms with E-state index in [0.29, 0.717) is 28.2 Å². The number of hydrogen-bond donors (Lipinski definition) is 2. The normalized spacial score (nSPS) is 10.8. The zero-order valence-electron chi connectivity index (χ0n) is 12.3. The molecule has 4 rings (SSSR count). The number of nitrogens with zero attached hydrogens (tertiary/aromatic N) is 3. The van der Waals surface area contributed by atoms with Crippen molar-refractivity contribution in [3.05, 3.63) is 71.4 Å². The number of aromatic amines is 1. The Morgan fingerprint density at radius 2 is 2.17 bits per heavy atom. The molecule has 4 aromatic rings. The molecule has 8 heteroatoms. The average Bonchev–Trinajstić information content (AvgIpc) is 3.23. The first-order chi connectivity index (χ1) is 11.7. The monoisotopic (exact) mass is 321 g/mol. The molecule has 0 aliphatic rings. The molecule has 0 bridgehead atoms. The van der Waals surface area contributed by atoms with Crippen LogP contribution in [0.4, 0.5) is 5.69 Å². The summed E-state index contributed by atoms with van der Waals surface area (Å²) in [7, 11) is 0. The number of rotatable bonds is 3. The van der Waals surface area contributed by atoms with Crippen molar-refractivity contribution in [2.75, 3.05) is 5.32 Å². The van der Waals surface area contributed by atoms with Crippen LogP contribution in [0.3, 0.4) is 0 Å². The van der Waals surface area contributed by atoms with Crippen molar-refractivity contribution in [1.82, 2.24) is 19.5 Å². The van der Waals surface area contributed by atoms with E-state index in [9.17, 15) is 9.59 Å². The molecule has 0 aliphatic heterocycles. The summed E-state index contributed by atoms with van der Waals surface area (Å²) in [5, 5.41) is 2.75. The number of amides is 1. The summed E-state index contributed by atoms with van der Waals surface area (Å²) < 4.78 is 6.66. The van der Waals surface area contributed by atoms with Crippen LogP contribution >= 0.6 is 0 Å². The minimum Gasteiger partial charge on any atom is -0.408 e. The molecular weight excluding hydrogens is 310 g/mol. The quantitative estimate of drug-likeness (QED) is 0.600. The van der Waals surface area contributed by atoms with Crippen LogP contribution in [-0.2, 0) is 0 Å². The highest BCUT2D eigenvalue weighted by atomic mass is 16.4. The van der Waals surface area contributed by atoms with Gasteiger partial charge < -0.3 is 9.73 Å². The molecule has 0 saturated carbocycles. The number of imidazole rings is 1. The van der Waals surface area contributed by atoms with Crippen LogP contribution in [0.15, 0.2) is 64.5 Å². The standard InChI is InChI=1S/C16H11N5O3/c22-15(10-1-4-14(18-8-10)21-6-5-17-9-21)19-11-2-3-13-12(7-11)20-16(23)24-13/h1-9H,(H,19,22)(H,20,23). The molecule has 0 unspecified atom stereocenters. The summed E-state index contributed by atoms with van der Waals surface area (Å²) in [6.07, 6.45) is 6.54. The van der Waals surface area contributed by atoms with E-state index in [4.69, 9.17) is 4.42 Å². The molecular formula is C16H11N5O3. The Morgan fingerprint density at radius 1 is 1.25 bits per heavy atom. The Labute approximate surface area is 134 Å². The molecule has 24 heavy (non-hydrogen) atoms. The molecule has 3 aromatic heterocycles. The zero-order valence-corrected chi connectivity index (χ0v) is 12.3. The number of nitrogens with one attached hydrogen (secondary N) is 2. The number of carbonyl (C=O) groups excluding carboxylic acids is 1. The van der Waals surface area contributed by atoms with Gasteiger partial charge in [0, 0.05) is 24.3 Å². The SMILES string of the molecule is O=C(Nc1ccc2oc(=O)[nH]c2c1)c1ccc(-n2ccnc2)nc1. The highest BCUT2D eigenvalue weighted by Crippen LogP contribution is 2.17. The fourth-order valence-corrected chi connectivity index (χ4v) is 2.30. The van der Waals surface area contributed by atoms with Crippen molar-refractivity contribution in [1.29, 1.82) is 0 Å². The fraction of sp³-hybridized carbons (Fsp3) is 0. The van der Waals surface area contributed by atoms with Gasteiger partial charge in [-0.05, 0) is 30.3 Å². The summed E-state index contributed by atoms with van der Waals surface area (Å²) in [5.41, 5.74) is 1.92. The van der Waals surface area contributed by atoms with E-state index in [-0.39, 0.29) is 5.91 Å². The number of oxazole rings is 1. The Balaban J connectivity index is 1.55. The summed E-state index contributed by atoms with van der Waals surface area (Å²) >= 11 is 0. The predicted octanol–water partition coefficient (Wildman–Crippen LogP) is 1.95. The van der Waals surface area contributed by atoms with Gasteiger partial charge in [0.15, 0.2) is 5.58 Å². The number of anilines is 1. The third-order valence-electron chi connectivity index (χ3n) is 3.46. The molecule has 8 nitrogen and oxygen atoms in total. The lowest BCUT2D eigenvalue weighted by molar-refractivity contribution is 0.102. The average molecular weight is 321 g/mol. The number of benzene rings is 1. The molecule has 1 amide bonds. The summed E-state index contributed by atoms with van der Waals surface area (Å²) in [6, 6.07) is 8.31.